The molecule has 1 heterocycles. The van der Waals surface area contributed by atoms with Crippen LogP contribution in [-0.2, 0) is 4.79 Å². The summed E-state index contributed by atoms with van der Waals surface area (Å²) in [5, 5.41) is 12.2. The fraction of sp³-hybridized carbons (Fsp3) is 0.500. The highest BCUT2D eigenvalue weighted by atomic mass is 16.3. The van der Waals surface area contributed by atoms with E-state index in [0.29, 0.717) is 6.54 Å². The van der Waals surface area contributed by atoms with E-state index in [4.69, 9.17) is 5.73 Å². The molecule has 0 saturated heterocycles. The van der Waals surface area contributed by atoms with Crippen LogP contribution in [0.15, 0.2) is 18.3 Å². The molecule has 0 unspecified atom stereocenters. The number of rotatable bonds is 3. The largest absolute Gasteiger partial charge is 0.504 e. The fourth-order valence-corrected chi connectivity index (χ4v) is 2.37. The number of hydrogen-bond donors (Lipinski definition) is 3. The number of anilines is 1. The van der Waals surface area contributed by atoms with Gasteiger partial charge in [0.2, 0.25) is 5.91 Å². The van der Waals surface area contributed by atoms with Crippen molar-refractivity contribution in [1.82, 2.24) is 4.98 Å². The highest BCUT2D eigenvalue weighted by Gasteiger charge is 2.32. The van der Waals surface area contributed by atoms with Gasteiger partial charge in [-0.2, -0.15) is 0 Å². The molecule has 92 valence electrons. The van der Waals surface area contributed by atoms with Crippen molar-refractivity contribution in [1.29, 1.82) is 0 Å². The lowest BCUT2D eigenvalue weighted by atomic mass is 9.95. The molecule has 5 heteroatoms. The SMILES string of the molecule is NC[C@H]1CCC[C@H]1C(=O)Nc1ncccc1O. The molecule has 1 amide bonds. The van der Waals surface area contributed by atoms with Crippen LogP contribution in [0.5, 0.6) is 5.75 Å². The maximum Gasteiger partial charge on any atom is 0.229 e. The van der Waals surface area contributed by atoms with E-state index < -0.39 is 0 Å². The summed E-state index contributed by atoms with van der Waals surface area (Å²) in [4.78, 5) is 15.9. The zero-order chi connectivity index (χ0) is 12.3. The van der Waals surface area contributed by atoms with Gasteiger partial charge in [0.05, 0.1) is 0 Å². The summed E-state index contributed by atoms with van der Waals surface area (Å²) in [7, 11) is 0. The molecule has 1 aliphatic carbocycles. The Morgan fingerprint density at radius 1 is 1.59 bits per heavy atom. The van der Waals surface area contributed by atoms with Crippen molar-refractivity contribution in [3.05, 3.63) is 18.3 Å². The summed E-state index contributed by atoms with van der Waals surface area (Å²) >= 11 is 0. The Balaban J connectivity index is 2.04. The Morgan fingerprint density at radius 2 is 2.41 bits per heavy atom. The van der Waals surface area contributed by atoms with Gasteiger partial charge < -0.3 is 16.2 Å². The van der Waals surface area contributed by atoms with Crippen molar-refractivity contribution in [3.8, 4) is 5.75 Å². The number of pyridine rings is 1. The van der Waals surface area contributed by atoms with Gasteiger partial charge >= 0.3 is 0 Å². The number of aromatic hydroxyl groups is 1. The Morgan fingerprint density at radius 3 is 3.12 bits per heavy atom. The highest BCUT2D eigenvalue weighted by molar-refractivity contribution is 5.93. The van der Waals surface area contributed by atoms with Crippen LogP contribution in [0.4, 0.5) is 5.82 Å². The molecule has 0 bridgehead atoms. The van der Waals surface area contributed by atoms with Crippen molar-refractivity contribution < 1.29 is 9.90 Å². The number of nitrogens with two attached hydrogens (primary N) is 1. The van der Waals surface area contributed by atoms with Gasteiger partial charge in [0.25, 0.3) is 0 Å². The van der Waals surface area contributed by atoms with Crippen LogP contribution in [0, 0.1) is 11.8 Å². The van der Waals surface area contributed by atoms with Gasteiger partial charge in [0, 0.05) is 12.1 Å². The molecular weight excluding hydrogens is 218 g/mol. The summed E-state index contributed by atoms with van der Waals surface area (Å²) in [6.45, 7) is 0.534. The number of aromatic nitrogens is 1. The van der Waals surface area contributed by atoms with E-state index in [2.05, 4.69) is 10.3 Å². The summed E-state index contributed by atoms with van der Waals surface area (Å²) in [6, 6.07) is 3.11. The van der Waals surface area contributed by atoms with Gasteiger partial charge in [-0.15, -0.1) is 0 Å². The first-order chi connectivity index (χ1) is 8.22. The maximum atomic E-state index is 12.0. The van der Waals surface area contributed by atoms with Crippen molar-refractivity contribution in [3.63, 3.8) is 0 Å². The van der Waals surface area contributed by atoms with Gasteiger partial charge in [-0.1, -0.05) is 6.42 Å². The second-order valence-corrected chi connectivity index (χ2v) is 4.39. The van der Waals surface area contributed by atoms with Crippen molar-refractivity contribution >= 4 is 11.7 Å². The first-order valence-electron chi connectivity index (χ1n) is 5.87. The molecule has 1 saturated carbocycles. The Labute approximate surface area is 100 Å². The molecule has 1 aromatic heterocycles. The standard InChI is InChI=1S/C12H17N3O2/c13-7-8-3-1-4-9(8)12(17)15-11-10(16)5-2-6-14-11/h2,5-6,8-9,16H,1,3-4,7,13H2,(H,14,15,17)/t8-,9-/m1/s1. The Kier molecular flexibility index (Phi) is 3.58. The van der Waals surface area contributed by atoms with Crippen molar-refractivity contribution in [2.45, 2.75) is 19.3 Å². The molecule has 17 heavy (non-hydrogen) atoms. The molecule has 0 aliphatic heterocycles. The van der Waals surface area contributed by atoms with E-state index in [1.54, 1.807) is 6.07 Å². The fourth-order valence-electron chi connectivity index (χ4n) is 2.37. The molecule has 1 aromatic rings. The summed E-state index contributed by atoms with van der Waals surface area (Å²) in [6.07, 6.45) is 4.43. The van der Waals surface area contributed by atoms with Crippen LogP contribution < -0.4 is 11.1 Å². The minimum atomic E-state index is -0.0908. The van der Waals surface area contributed by atoms with Gasteiger partial charge in [-0.05, 0) is 37.4 Å². The van der Waals surface area contributed by atoms with E-state index in [9.17, 15) is 9.90 Å². The second-order valence-electron chi connectivity index (χ2n) is 4.39. The van der Waals surface area contributed by atoms with Gasteiger partial charge in [-0.25, -0.2) is 4.98 Å². The zero-order valence-electron chi connectivity index (χ0n) is 9.60. The zero-order valence-corrected chi connectivity index (χ0v) is 9.60. The lowest BCUT2D eigenvalue weighted by molar-refractivity contribution is -0.120. The average molecular weight is 235 g/mol. The lowest BCUT2D eigenvalue weighted by Gasteiger charge is -2.17. The minimum absolute atomic E-state index is 0.0110. The van der Waals surface area contributed by atoms with Crippen LogP contribution in [0.1, 0.15) is 19.3 Å². The number of hydrogen-bond acceptors (Lipinski definition) is 4. The van der Waals surface area contributed by atoms with Crippen LogP contribution >= 0.6 is 0 Å². The Bertz CT molecular complexity index is 408. The van der Waals surface area contributed by atoms with Crippen LogP contribution in [-0.4, -0.2) is 22.5 Å². The van der Waals surface area contributed by atoms with Gasteiger partial charge in [0.1, 0.15) is 0 Å². The smallest absolute Gasteiger partial charge is 0.229 e. The van der Waals surface area contributed by atoms with Crippen molar-refractivity contribution in [2.75, 3.05) is 11.9 Å². The summed E-state index contributed by atoms with van der Waals surface area (Å²) in [5.74, 6) is 0.317. The number of amides is 1. The molecule has 1 fully saturated rings. The second kappa shape index (κ2) is 5.14. The molecular formula is C12H17N3O2. The van der Waals surface area contributed by atoms with Crippen molar-refractivity contribution in [2.24, 2.45) is 17.6 Å². The molecule has 2 atom stereocenters. The Hall–Kier alpha value is -1.62. The first-order valence-corrected chi connectivity index (χ1v) is 5.87. The summed E-state index contributed by atoms with van der Waals surface area (Å²) < 4.78 is 0. The molecule has 0 radical (unpaired) electrons. The van der Waals surface area contributed by atoms with Crippen LogP contribution in [0.3, 0.4) is 0 Å². The third kappa shape index (κ3) is 2.55. The third-order valence-corrected chi connectivity index (χ3v) is 3.33. The van der Waals surface area contributed by atoms with E-state index in [1.165, 1.54) is 12.3 Å². The van der Waals surface area contributed by atoms with Gasteiger partial charge in [-0.3, -0.25) is 4.79 Å². The third-order valence-electron chi connectivity index (χ3n) is 3.33. The predicted octanol–water partition coefficient (Wildman–Crippen LogP) is 1.10. The number of nitrogens with zero attached hydrogens (tertiary/aromatic N) is 1. The topological polar surface area (TPSA) is 88.2 Å². The van der Waals surface area contributed by atoms with Crippen LogP contribution in [0.25, 0.3) is 0 Å². The van der Waals surface area contributed by atoms with E-state index in [-0.39, 0.29) is 29.3 Å². The molecule has 0 aromatic carbocycles. The molecule has 5 nitrogen and oxygen atoms in total. The number of nitrogens with one attached hydrogen (secondary N) is 1. The molecule has 1 aliphatic rings. The highest BCUT2D eigenvalue weighted by Crippen LogP contribution is 2.32. The van der Waals surface area contributed by atoms with E-state index in [1.807, 2.05) is 0 Å². The quantitative estimate of drug-likeness (QED) is 0.732. The number of carbonyl (C=O) groups excluding carboxylic acids is 1. The van der Waals surface area contributed by atoms with Gasteiger partial charge in [0.15, 0.2) is 11.6 Å². The summed E-state index contributed by atoms with van der Waals surface area (Å²) in [5.41, 5.74) is 5.64. The maximum absolute atomic E-state index is 12.0. The molecule has 2 rings (SSSR count). The number of carbonyl (C=O) groups is 1. The van der Waals surface area contributed by atoms with E-state index >= 15 is 0 Å². The minimum Gasteiger partial charge on any atom is -0.504 e. The molecule has 4 N–H and O–H groups in total. The molecule has 0 spiro atoms. The average Bonchev–Trinajstić information content (AvgIpc) is 2.80. The first kappa shape index (κ1) is 11.9. The normalized spacial score (nSPS) is 23.6. The van der Waals surface area contributed by atoms with E-state index in [0.717, 1.165) is 19.3 Å². The van der Waals surface area contributed by atoms with Crippen LogP contribution in [0.2, 0.25) is 0 Å². The predicted molar refractivity (Wildman–Crippen MR) is 64.4 cm³/mol. The monoisotopic (exact) mass is 235 g/mol. The lowest BCUT2D eigenvalue weighted by Crippen LogP contribution is -2.30.